The molecule has 6 heteroatoms. The van der Waals surface area contributed by atoms with Gasteiger partial charge in [-0.3, -0.25) is 4.79 Å². The lowest BCUT2D eigenvalue weighted by atomic mass is 10.2. The van der Waals surface area contributed by atoms with E-state index in [4.69, 9.17) is 21.1 Å². The Kier molecular flexibility index (Phi) is 7.82. The molecule has 0 saturated carbocycles. The molecule has 1 amide bonds. The lowest BCUT2D eigenvalue weighted by Crippen LogP contribution is -2.23. The summed E-state index contributed by atoms with van der Waals surface area (Å²) in [5.74, 6) is 0.945. The van der Waals surface area contributed by atoms with Crippen LogP contribution >= 0.6 is 22.9 Å². The van der Waals surface area contributed by atoms with Crippen LogP contribution < -0.4 is 14.8 Å². The third-order valence-corrected chi connectivity index (χ3v) is 4.60. The summed E-state index contributed by atoms with van der Waals surface area (Å²) >= 11 is 7.95. The molecule has 0 atom stereocenters. The molecule has 0 unspecified atom stereocenters. The highest BCUT2D eigenvalue weighted by Gasteiger charge is 2.11. The van der Waals surface area contributed by atoms with Crippen molar-refractivity contribution in [1.29, 1.82) is 0 Å². The number of amides is 1. The Morgan fingerprint density at radius 2 is 2.24 bits per heavy atom. The zero-order valence-electron chi connectivity index (χ0n) is 14.4. The number of benzene rings is 1. The van der Waals surface area contributed by atoms with Gasteiger partial charge in [0.25, 0.3) is 0 Å². The molecule has 1 N–H and O–H groups in total. The quantitative estimate of drug-likeness (QED) is 0.649. The van der Waals surface area contributed by atoms with Gasteiger partial charge in [-0.1, -0.05) is 24.6 Å². The normalized spacial score (nSPS) is 10.8. The molecule has 0 bridgehead atoms. The number of ether oxygens (including phenoxy) is 2. The molecular weight excluding hydrogens is 358 g/mol. The largest absolute Gasteiger partial charge is 0.493 e. The molecule has 0 fully saturated rings. The van der Waals surface area contributed by atoms with Gasteiger partial charge >= 0.3 is 0 Å². The van der Waals surface area contributed by atoms with Crippen LogP contribution in [0.25, 0.3) is 6.08 Å². The summed E-state index contributed by atoms with van der Waals surface area (Å²) in [5, 5.41) is 5.36. The van der Waals surface area contributed by atoms with E-state index in [2.05, 4.69) is 11.4 Å². The van der Waals surface area contributed by atoms with Crippen LogP contribution in [0.15, 0.2) is 35.7 Å². The third kappa shape index (κ3) is 6.11. The Morgan fingerprint density at radius 1 is 1.40 bits per heavy atom. The van der Waals surface area contributed by atoms with E-state index >= 15 is 0 Å². The van der Waals surface area contributed by atoms with Gasteiger partial charge in [0.15, 0.2) is 11.5 Å². The molecule has 0 spiro atoms. The molecule has 1 heterocycles. The highest BCUT2D eigenvalue weighted by molar-refractivity contribution is 7.09. The van der Waals surface area contributed by atoms with Gasteiger partial charge in [0.1, 0.15) is 0 Å². The second-order valence-corrected chi connectivity index (χ2v) is 6.78. The molecule has 2 rings (SSSR count). The Morgan fingerprint density at radius 3 is 2.92 bits per heavy atom. The van der Waals surface area contributed by atoms with Crippen LogP contribution in [-0.4, -0.2) is 26.2 Å². The third-order valence-electron chi connectivity index (χ3n) is 3.38. The first kappa shape index (κ1) is 19.3. The number of nitrogens with one attached hydrogen (secondary N) is 1. The molecule has 0 aliphatic heterocycles. The van der Waals surface area contributed by atoms with Gasteiger partial charge in [0.2, 0.25) is 5.91 Å². The van der Waals surface area contributed by atoms with Crippen molar-refractivity contribution in [2.75, 3.05) is 20.3 Å². The zero-order valence-corrected chi connectivity index (χ0v) is 16.0. The molecule has 0 radical (unpaired) electrons. The standard InChI is InChI=1S/C19H22ClNO3S/c1-3-10-24-19-16(20)12-14(13-17(19)23-2)6-7-18(22)21-9-8-15-5-4-11-25-15/h4-7,11-13H,3,8-10H2,1-2H3,(H,21,22)/b7-6+. The summed E-state index contributed by atoms with van der Waals surface area (Å²) in [7, 11) is 1.56. The van der Waals surface area contributed by atoms with Gasteiger partial charge in [0.05, 0.1) is 18.7 Å². The number of rotatable bonds is 9. The Labute approximate surface area is 157 Å². The second kappa shape index (κ2) is 10.1. The minimum atomic E-state index is -0.141. The lowest BCUT2D eigenvalue weighted by Gasteiger charge is -2.12. The molecule has 2 aromatic rings. The molecule has 0 aliphatic rings. The highest BCUT2D eigenvalue weighted by atomic mass is 35.5. The van der Waals surface area contributed by atoms with Crippen molar-refractivity contribution in [3.63, 3.8) is 0 Å². The fourth-order valence-electron chi connectivity index (χ4n) is 2.17. The summed E-state index contributed by atoms with van der Waals surface area (Å²) in [6.45, 7) is 3.20. The predicted molar refractivity (Wildman–Crippen MR) is 104 cm³/mol. The average molecular weight is 380 g/mol. The maximum atomic E-state index is 11.9. The maximum absolute atomic E-state index is 11.9. The minimum Gasteiger partial charge on any atom is -0.493 e. The Balaban J connectivity index is 1.94. The van der Waals surface area contributed by atoms with Crippen LogP contribution in [0.3, 0.4) is 0 Å². The van der Waals surface area contributed by atoms with E-state index in [-0.39, 0.29) is 5.91 Å². The van der Waals surface area contributed by atoms with E-state index in [1.165, 1.54) is 11.0 Å². The van der Waals surface area contributed by atoms with Crippen molar-refractivity contribution in [2.24, 2.45) is 0 Å². The molecule has 4 nitrogen and oxygen atoms in total. The summed E-state index contributed by atoms with van der Waals surface area (Å²) in [6.07, 6.45) is 4.91. The summed E-state index contributed by atoms with van der Waals surface area (Å²) in [6, 6.07) is 7.62. The first-order valence-corrected chi connectivity index (χ1v) is 9.38. The van der Waals surface area contributed by atoms with E-state index in [9.17, 15) is 4.79 Å². The van der Waals surface area contributed by atoms with Gasteiger partial charge in [-0.25, -0.2) is 0 Å². The molecular formula is C19H22ClNO3S. The molecule has 25 heavy (non-hydrogen) atoms. The fraction of sp³-hybridized carbons (Fsp3) is 0.316. The highest BCUT2D eigenvalue weighted by Crippen LogP contribution is 2.36. The van der Waals surface area contributed by atoms with Crippen molar-refractivity contribution in [3.05, 3.63) is 51.2 Å². The van der Waals surface area contributed by atoms with Crippen LogP contribution in [0.5, 0.6) is 11.5 Å². The fourth-order valence-corrected chi connectivity index (χ4v) is 3.16. The molecule has 0 saturated heterocycles. The first-order valence-electron chi connectivity index (χ1n) is 8.12. The number of hydrogen-bond donors (Lipinski definition) is 1. The van der Waals surface area contributed by atoms with Crippen LogP contribution in [-0.2, 0) is 11.2 Å². The monoisotopic (exact) mass is 379 g/mol. The van der Waals surface area contributed by atoms with Crippen molar-refractivity contribution >= 4 is 34.9 Å². The van der Waals surface area contributed by atoms with Crippen LogP contribution in [0.1, 0.15) is 23.8 Å². The number of thiophene rings is 1. The van der Waals surface area contributed by atoms with Crippen LogP contribution in [0.4, 0.5) is 0 Å². The van der Waals surface area contributed by atoms with Gasteiger partial charge in [0, 0.05) is 17.5 Å². The summed E-state index contributed by atoms with van der Waals surface area (Å²) < 4.78 is 11.0. The van der Waals surface area contributed by atoms with Crippen LogP contribution in [0.2, 0.25) is 5.02 Å². The predicted octanol–water partition coefficient (Wildman–Crippen LogP) is 4.57. The number of halogens is 1. The number of hydrogen-bond acceptors (Lipinski definition) is 4. The number of methoxy groups -OCH3 is 1. The van der Waals surface area contributed by atoms with Gasteiger partial charge in [-0.15, -0.1) is 11.3 Å². The number of carbonyl (C=O) groups excluding carboxylic acids is 1. The van der Waals surface area contributed by atoms with Crippen molar-refractivity contribution in [3.8, 4) is 11.5 Å². The van der Waals surface area contributed by atoms with Gasteiger partial charge in [-0.05, 0) is 48.1 Å². The van der Waals surface area contributed by atoms with E-state index in [1.807, 2.05) is 18.4 Å². The molecule has 0 aliphatic carbocycles. The summed E-state index contributed by atoms with van der Waals surface area (Å²) in [5.41, 5.74) is 0.777. The second-order valence-electron chi connectivity index (χ2n) is 5.34. The van der Waals surface area contributed by atoms with E-state index in [0.717, 1.165) is 18.4 Å². The van der Waals surface area contributed by atoms with Crippen molar-refractivity contribution in [2.45, 2.75) is 19.8 Å². The topological polar surface area (TPSA) is 47.6 Å². The number of carbonyl (C=O) groups is 1. The average Bonchev–Trinajstić information content (AvgIpc) is 3.12. The SMILES string of the molecule is CCCOc1c(Cl)cc(/C=C/C(=O)NCCc2cccs2)cc1OC. The van der Waals surface area contributed by atoms with Gasteiger partial charge in [-0.2, -0.15) is 0 Å². The summed E-state index contributed by atoms with van der Waals surface area (Å²) in [4.78, 5) is 13.2. The Bertz CT molecular complexity index is 714. The van der Waals surface area contributed by atoms with Gasteiger partial charge < -0.3 is 14.8 Å². The van der Waals surface area contributed by atoms with E-state index < -0.39 is 0 Å². The Hall–Kier alpha value is -1.98. The zero-order chi connectivity index (χ0) is 18.1. The van der Waals surface area contributed by atoms with Crippen LogP contribution in [0, 0.1) is 0 Å². The van der Waals surface area contributed by atoms with Crippen molar-refractivity contribution in [1.82, 2.24) is 5.32 Å². The van der Waals surface area contributed by atoms with E-state index in [1.54, 1.807) is 36.7 Å². The smallest absolute Gasteiger partial charge is 0.244 e. The molecule has 134 valence electrons. The first-order chi connectivity index (χ1) is 12.1. The minimum absolute atomic E-state index is 0.141. The molecule has 1 aromatic carbocycles. The molecule has 1 aromatic heterocycles. The lowest BCUT2D eigenvalue weighted by molar-refractivity contribution is -0.116. The van der Waals surface area contributed by atoms with Crippen molar-refractivity contribution < 1.29 is 14.3 Å². The van der Waals surface area contributed by atoms with E-state index in [0.29, 0.717) is 29.7 Å². The maximum Gasteiger partial charge on any atom is 0.244 e.